The van der Waals surface area contributed by atoms with Crippen molar-refractivity contribution in [1.82, 2.24) is 4.90 Å². The van der Waals surface area contributed by atoms with E-state index in [9.17, 15) is 9.59 Å². The fourth-order valence-electron chi connectivity index (χ4n) is 2.33. The molecule has 1 aliphatic heterocycles. The maximum atomic E-state index is 12.0. The van der Waals surface area contributed by atoms with Crippen molar-refractivity contribution in [2.75, 3.05) is 25.0 Å². The first-order valence-electron chi connectivity index (χ1n) is 6.51. The molecule has 0 aliphatic carbocycles. The van der Waals surface area contributed by atoms with Crippen LogP contribution in [0.25, 0.3) is 0 Å². The molecule has 1 aromatic carbocycles. The number of anilines is 1. The van der Waals surface area contributed by atoms with Gasteiger partial charge in [0.2, 0.25) is 5.91 Å². The second-order valence-corrected chi connectivity index (χ2v) is 5.79. The van der Waals surface area contributed by atoms with Crippen molar-refractivity contribution in [3.8, 4) is 0 Å². The molecule has 1 heterocycles. The first-order chi connectivity index (χ1) is 9.58. The predicted octanol–water partition coefficient (Wildman–Crippen LogP) is 2.84. The van der Waals surface area contributed by atoms with Gasteiger partial charge in [-0.15, -0.1) is 0 Å². The van der Waals surface area contributed by atoms with Crippen LogP contribution in [-0.4, -0.2) is 36.7 Å². The Bertz CT molecular complexity index is 508. The van der Waals surface area contributed by atoms with Crippen LogP contribution in [0.15, 0.2) is 18.2 Å². The van der Waals surface area contributed by atoms with Gasteiger partial charge in [-0.2, -0.15) is 0 Å². The average molecular weight is 315 g/mol. The van der Waals surface area contributed by atoms with E-state index < -0.39 is 0 Å². The minimum Gasteiger partial charge on any atom is -0.324 e. The van der Waals surface area contributed by atoms with Gasteiger partial charge in [-0.05, 0) is 37.6 Å². The first kappa shape index (κ1) is 15.3. The number of nitrogens with zero attached hydrogens (tertiary/aromatic N) is 1. The predicted molar refractivity (Wildman–Crippen MR) is 80.3 cm³/mol. The van der Waals surface area contributed by atoms with Gasteiger partial charge < -0.3 is 10.1 Å². The third kappa shape index (κ3) is 4.20. The number of aldehydes is 1. The lowest BCUT2D eigenvalue weighted by atomic mass is 10.00. The third-order valence-electron chi connectivity index (χ3n) is 3.30. The Morgan fingerprint density at radius 2 is 2.25 bits per heavy atom. The minimum atomic E-state index is -0.152. The Morgan fingerprint density at radius 3 is 3.00 bits per heavy atom. The zero-order valence-corrected chi connectivity index (χ0v) is 12.5. The molecule has 0 spiro atoms. The standard InChI is InChI=1S/C14H16Cl2N2O2/c15-11-3-4-12(16)13(6-11)17-14(20)8-18-5-1-2-10(7-18)9-19/h3-4,6,9-10H,1-2,5,7-8H2,(H,17,20). The zero-order chi connectivity index (χ0) is 14.5. The van der Waals surface area contributed by atoms with Crippen LogP contribution >= 0.6 is 23.2 Å². The lowest BCUT2D eigenvalue weighted by Gasteiger charge is -2.29. The van der Waals surface area contributed by atoms with E-state index in [1.807, 2.05) is 4.90 Å². The van der Waals surface area contributed by atoms with Gasteiger partial charge in [-0.25, -0.2) is 0 Å². The van der Waals surface area contributed by atoms with E-state index in [-0.39, 0.29) is 18.4 Å². The van der Waals surface area contributed by atoms with Crippen molar-refractivity contribution in [2.24, 2.45) is 5.92 Å². The Labute approximate surface area is 128 Å². The summed E-state index contributed by atoms with van der Waals surface area (Å²) in [7, 11) is 0. The zero-order valence-electron chi connectivity index (χ0n) is 10.9. The molecule has 0 radical (unpaired) electrons. The molecule has 1 aromatic rings. The second kappa shape index (κ2) is 7.07. The normalized spacial score (nSPS) is 19.6. The van der Waals surface area contributed by atoms with Gasteiger partial charge in [0.1, 0.15) is 6.29 Å². The van der Waals surface area contributed by atoms with E-state index in [1.54, 1.807) is 18.2 Å². The van der Waals surface area contributed by atoms with E-state index in [0.29, 0.717) is 22.3 Å². The number of hydrogen-bond acceptors (Lipinski definition) is 3. The molecular weight excluding hydrogens is 299 g/mol. The number of carbonyl (C=O) groups excluding carboxylic acids is 2. The molecule has 6 heteroatoms. The first-order valence-corrected chi connectivity index (χ1v) is 7.26. The maximum absolute atomic E-state index is 12.0. The molecule has 1 unspecified atom stereocenters. The van der Waals surface area contributed by atoms with Crippen molar-refractivity contribution in [3.05, 3.63) is 28.2 Å². The quantitative estimate of drug-likeness (QED) is 0.869. The SMILES string of the molecule is O=CC1CCCN(CC(=O)Nc2cc(Cl)ccc2Cl)C1. The molecule has 1 amide bonds. The number of carbonyl (C=O) groups is 2. The minimum absolute atomic E-state index is 0.0336. The van der Waals surface area contributed by atoms with Crippen LogP contribution in [0.4, 0.5) is 5.69 Å². The average Bonchev–Trinajstić information content (AvgIpc) is 2.43. The van der Waals surface area contributed by atoms with Gasteiger partial charge in [-0.1, -0.05) is 23.2 Å². The molecule has 1 fully saturated rings. The van der Waals surface area contributed by atoms with Gasteiger partial charge in [-0.3, -0.25) is 9.69 Å². The van der Waals surface area contributed by atoms with Crippen LogP contribution in [0.1, 0.15) is 12.8 Å². The summed E-state index contributed by atoms with van der Waals surface area (Å²) in [5.41, 5.74) is 0.508. The summed E-state index contributed by atoms with van der Waals surface area (Å²) in [5, 5.41) is 3.71. The van der Waals surface area contributed by atoms with Gasteiger partial charge in [0, 0.05) is 17.5 Å². The topological polar surface area (TPSA) is 49.4 Å². The molecule has 0 saturated carbocycles. The highest BCUT2D eigenvalue weighted by molar-refractivity contribution is 6.35. The van der Waals surface area contributed by atoms with Gasteiger partial charge in [0.05, 0.1) is 17.3 Å². The van der Waals surface area contributed by atoms with Gasteiger partial charge >= 0.3 is 0 Å². The van der Waals surface area contributed by atoms with Crippen LogP contribution in [0, 0.1) is 5.92 Å². The van der Waals surface area contributed by atoms with Crippen molar-refractivity contribution in [2.45, 2.75) is 12.8 Å². The summed E-state index contributed by atoms with van der Waals surface area (Å²) >= 11 is 11.9. The van der Waals surface area contributed by atoms with Crippen molar-refractivity contribution in [1.29, 1.82) is 0 Å². The summed E-state index contributed by atoms with van der Waals surface area (Å²) in [6, 6.07) is 4.92. The number of likely N-dealkylation sites (tertiary alicyclic amines) is 1. The monoisotopic (exact) mass is 314 g/mol. The molecule has 4 nitrogen and oxygen atoms in total. The summed E-state index contributed by atoms with van der Waals surface area (Å²) in [6.07, 6.45) is 2.81. The summed E-state index contributed by atoms with van der Waals surface area (Å²) in [6.45, 7) is 1.73. The van der Waals surface area contributed by atoms with Crippen molar-refractivity contribution < 1.29 is 9.59 Å². The lowest BCUT2D eigenvalue weighted by molar-refractivity contribution is -0.119. The van der Waals surface area contributed by atoms with Crippen LogP contribution in [0.2, 0.25) is 10.0 Å². The van der Waals surface area contributed by atoms with E-state index in [0.717, 1.165) is 25.7 Å². The highest BCUT2D eigenvalue weighted by atomic mass is 35.5. The molecule has 0 aromatic heterocycles. The number of halogens is 2. The Hall–Kier alpha value is -1.10. The largest absolute Gasteiger partial charge is 0.324 e. The summed E-state index contributed by atoms with van der Waals surface area (Å²) in [5.74, 6) is -0.118. The number of nitrogens with one attached hydrogen (secondary N) is 1. The Kier molecular flexibility index (Phi) is 5.40. The van der Waals surface area contributed by atoms with Gasteiger partial charge in [0.25, 0.3) is 0 Å². The van der Waals surface area contributed by atoms with Crippen LogP contribution in [0.3, 0.4) is 0 Å². The molecule has 0 bridgehead atoms. The summed E-state index contributed by atoms with van der Waals surface area (Å²) in [4.78, 5) is 24.8. The fourth-order valence-corrected chi connectivity index (χ4v) is 2.67. The van der Waals surface area contributed by atoms with E-state index in [1.165, 1.54) is 0 Å². The lowest BCUT2D eigenvalue weighted by Crippen LogP contribution is -2.40. The molecule has 2 rings (SSSR count). The van der Waals surface area contributed by atoms with Crippen LogP contribution in [0.5, 0.6) is 0 Å². The Balaban J connectivity index is 1.92. The van der Waals surface area contributed by atoms with E-state index in [4.69, 9.17) is 23.2 Å². The van der Waals surface area contributed by atoms with Crippen LogP contribution in [-0.2, 0) is 9.59 Å². The maximum Gasteiger partial charge on any atom is 0.238 e. The molecule has 1 atom stereocenters. The van der Waals surface area contributed by atoms with E-state index >= 15 is 0 Å². The number of amides is 1. The summed E-state index contributed by atoms with van der Waals surface area (Å²) < 4.78 is 0. The van der Waals surface area contributed by atoms with Crippen molar-refractivity contribution >= 4 is 41.1 Å². The number of benzene rings is 1. The molecule has 1 aliphatic rings. The fraction of sp³-hybridized carbons (Fsp3) is 0.429. The Morgan fingerprint density at radius 1 is 1.45 bits per heavy atom. The van der Waals surface area contributed by atoms with E-state index in [2.05, 4.69) is 5.32 Å². The highest BCUT2D eigenvalue weighted by Crippen LogP contribution is 2.25. The number of piperidine rings is 1. The second-order valence-electron chi connectivity index (χ2n) is 4.95. The molecule has 1 N–H and O–H groups in total. The molecule has 20 heavy (non-hydrogen) atoms. The van der Waals surface area contributed by atoms with Crippen LogP contribution < -0.4 is 5.32 Å². The van der Waals surface area contributed by atoms with Crippen molar-refractivity contribution in [3.63, 3.8) is 0 Å². The molecular formula is C14H16Cl2N2O2. The number of hydrogen-bond donors (Lipinski definition) is 1. The smallest absolute Gasteiger partial charge is 0.238 e. The molecule has 108 valence electrons. The van der Waals surface area contributed by atoms with Gasteiger partial charge in [0.15, 0.2) is 0 Å². The third-order valence-corrected chi connectivity index (χ3v) is 3.87. The highest BCUT2D eigenvalue weighted by Gasteiger charge is 2.21. The molecule has 1 saturated heterocycles. The number of rotatable bonds is 4.